The minimum atomic E-state index is -1.38. The number of hydrogen-bond acceptors (Lipinski definition) is 6. The van der Waals surface area contributed by atoms with E-state index in [1.165, 1.54) is 30.5 Å². The average molecular weight is 535 g/mol. The van der Waals surface area contributed by atoms with E-state index in [-0.39, 0.29) is 52.5 Å². The number of hydrogen-bond donors (Lipinski definition) is 5. The van der Waals surface area contributed by atoms with Gasteiger partial charge in [0.2, 0.25) is 11.8 Å². The van der Waals surface area contributed by atoms with Gasteiger partial charge in [0.15, 0.2) is 0 Å². The molecular formula is C24H24Cl2N4O6. The zero-order chi connectivity index (χ0) is 25.8. The van der Waals surface area contributed by atoms with Crippen molar-refractivity contribution in [1.82, 2.24) is 21.3 Å². The third-order valence-corrected chi connectivity index (χ3v) is 6.71. The minimum Gasteiger partial charge on any atom is -0.480 e. The van der Waals surface area contributed by atoms with Gasteiger partial charge in [-0.05, 0) is 60.7 Å². The van der Waals surface area contributed by atoms with Crippen LogP contribution in [0.15, 0.2) is 41.0 Å². The van der Waals surface area contributed by atoms with Crippen LogP contribution in [-0.4, -0.2) is 54.0 Å². The first kappa shape index (κ1) is 25.7. The molecule has 0 bridgehead atoms. The number of aliphatic carboxylic acids is 1. The summed E-state index contributed by atoms with van der Waals surface area (Å²) >= 11 is 12.5. The molecule has 3 amide bonds. The van der Waals surface area contributed by atoms with E-state index < -0.39 is 17.9 Å². The molecule has 0 radical (unpaired) electrons. The summed E-state index contributed by atoms with van der Waals surface area (Å²) in [6, 6.07) is 4.58. The number of carbonyl (C=O) groups is 4. The van der Waals surface area contributed by atoms with Crippen LogP contribution in [0.3, 0.4) is 0 Å². The number of piperidine rings is 1. The van der Waals surface area contributed by atoms with Crippen LogP contribution in [0.5, 0.6) is 0 Å². The fourth-order valence-electron chi connectivity index (χ4n) is 4.11. The molecule has 2 heterocycles. The van der Waals surface area contributed by atoms with Gasteiger partial charge in [0.25, 0.3) is 5.91 Å². The zero-order valence-corrected chi connectivity index (χ0v) is 20.4. The van der Waals surface area contributed by atoms with Gasteiger partial charge in [-0.3, -0.25) is 14.4 Å². The molecule has 2 fully saturated rings. The van der Waals surface area contributed by atoms with Crippen molar-refractivity contribution >= 4 is 53.0 Å². The molecule has 1 saturated carbocycles. The van der Waals surface area contributed by atoms with Crippen molar-refractivity contribution in [2.45, 2.75) is 25.0 Å². The number of nitrogens with one attached hydrogen (secondary N) is 4. The summed E-state index contributed by atoms with van der Waals surface area (Å²) in [5.41, 5.74) is 0.424. The van der Waals surface area contributed by atoms with E-state index in [1.807, 2.05) is 0 Å². The molecule has 1 saturated heterocycles. The standard InChI is InChI=1S/C24H24Cl2N4O6/c25-16-6-12(9-27-19(31)4-3-14-2-1-5-36-14)7-17(26)20(16)22(32)30-18(24(34)35)11-29-23(33)21-15-8-13(15)10-28-21/h1-7,13,15,18,21,28H,8-11H2,(H,27,31)(H,29,33)(H,30,32)(H,34,35)/b4-3+. The van der Waals surface area contributed by atoms with Crippen molar-refractivity contribution in [3.05, 3.63) is 63.5 Å². The predicted octanol–water partition coefficient (Wildman–Crippen LogP) is 1.82. The van der Waals surface area contributed by atoms with Crippen molar-refractivity contribution in [3.63, 3.8) is 0 Å². The summed E-state index contributed by atoms with van der Waals surface area (Å²) in [4.78, 5) is 48.8. The lowest BCUT2D eigenvalue weighted by Crippen LogP contribution is -2.51. The van der Waals surface area contributed by atoms with Gasteiger partial charge < -0.3 is 30.8 Å². The Morgan fingerprint density at radius 1 is 1.19 bits per heavy atom. The van der Waals surface area contributed by atoms with Crippen LogP contribution in [-0.2, 0) is 20.9 Å². The second-order valence-electron chi connectivity index (χ2n) is 8.66. The topological polar surface area (TPSA) is 150 Å². The third kappa shape index (κ3) is 6.26. The first-order chi connectivity index (χ1) is 17.2. The molecule has 1 aromatic carbocycles. The predicted molar refractivity (Wildman–Crippen MR) is 131 cm³/mol. The number of rotatable bonds is 10. The summed E-state index contributed by atoms with van der Waals surface area (Å²) in [5.74, 6) is -1.46. The molecule has 2 aromatic rings. The smallest absolute Gasteiger partial charge is 0.328 e. The summed E-state index contributed by atoms with van der Waals surface area (Å²) in [5, 5.41) is 20.2. The zero-order valence-electron chi connectivity index (χ0n) is 18.9. The Morgan fingerprint density at radius 2 is 1.94 bits per heavy atom. The fraction of sp³-hybridized carbons (Fsp3) is 0.333. The Bertz CT molecular complexity index is 1180. The quantitative estimate of drug-likeness (QED) is 0.292. The molecule has 10 nitrogen and oxygen atoms in total. The first-order valence-electron chi connectivity index (χ1n) is 11.2. The van der Waals surface area contributed by atoms with Crippen molar-refractivity contribution in [2.24, 2.45) is 11.8 Å². The number of furan rings is 1. The SMILES string of the molecule is O=C(/C=C/c1ccco1)NCc1cc(Cl)c(C(=O)NC(CNC(=O)C2NCC3CC32)C(=O)O)c(Cl)c1. The lowest BCUT2D eigenvalue weighted by atomic mass is 10.1. The Morgan fingerprint density at radius 3 is 2.53 bits per heavy atom. The Hall–Kier alpha value is -3.34. The van der Waals surface area contributed by atoms with Gasteiger partial charge in [0.1, 0.15) is 11.8 Å². The van der Waals surface area contributed by atoms with Crippen LogP contribution < -0.4 is 21.3 Å². The van der Waals surface area contributed by atoms with Crippen LogP contribution in [0.2, 0.25) is 10.0 Å². The number of amides is 3. The highest BCUT2D eigenvalue weighted by atomic mass is 35.5. The summed E-state index contributed by atoms with van der Waals surface area (Å²) < 4.78 is 5.11. The number of carboxylic acid groups (broad SMARTS) is 1. The molecule has 5 N–H and O–H groups in total. The molecule has 0 spiro atoms. The fourth-order valence-corrected chi connectivity index (χ4v) is 4.81. The highest BCUT2D eigenvalue weighted by Gasteiger charge is 2.50. The normalized spacial score (nSPS) is 21.0. The Kier molecular flexibility index (Phi) is 7.97. The van der Waals surface area contributed by atoms with Crippen molar-refractivity contribution < 1.29 is 28.7 Å². The summed E-state index contributed by atoms with van der Waals surface area (Å²) in [7, 11) is 0. The van der Waals surface area contributed by atoms with E-state index in [9.17, 15) is 24.3 Å². The summed E-state index contributed by atoms with van der Waals surface area (Å²) in [6.45, 7) is 0.573. The maximum absolute atomic E-state index is 12.8. The van der Waals surface area contributed by atoms with Crippen LogP contribution >= 0.6 is 23.2 Å². The lowest BCUT2D eigenvalue weighted by molar-refractivity contribution is -0.139. The van der Waals surface area contributed by atoms with E-state index in [1.54, 1.807) is 12.1 Å². The van der Waals surface area contributed by atoms with Crippen molar-refractivity contribution in [1.29, 1.82) is 0 Å². The molecule has 1 aromatic heterocycles. The second kappa shape index (κ2) is 11.2. The first-order valence-corrected chi connectivity index (χ1v) is 12.0. The van der Waals surface area contributed by atoms with Gasteiger partial charge in [0.05, 0.1) is 27.9 Å². The monoisotopic (exact) mass is 534 g/mol. The van der Waals surface area contributed by atoms with E-state index in [0.29, 0.717) is 17.2 Å². The molecule has 190 valence electrons. The van der Waals surface area contributed by atoms with E-state index in [4.69, 9.17) is 27.6 Å². The van der Waals surface area contributed by atoms with Crippen LogP contribution in [0, 0.1) is 11.8 Å². The van der Waals surface area contributed by atoms with Crippen molar-refractivity contribution in [3.8, 4) is 0 Å². The Balaban J connectivity index is 1.32. The van der Waals surface area contributed by atoms with Gasteiger partial charge in [-0.15, -0.1) is 0 Å². The maximum atomic E-state index is 12.8. The molecule has 2 aliphatic rings. The average Bonchev–Trinajstić information content (AvgIpc) is 3.21. The molecule has 4 atom stereocenters. The van der Waals surface area contributed by atoms with E-state index in [0.717, 1.165) is 13.0 Å². The van der Waals surface area contributed by atoms with Gasteiger partial charge in [-0.2, -0.15) is 0 Å². The van der Waals surface area contributed by atoms with Crippen LogP contribution in [0.4, 0.5) is 0 Å². The highest BCUT2D eigenvalue weighted by molar-refractivity contribution is 6.39. The number of fused-ring (bicyclic) bond motifs is 1. The molecule has 36 heavy (non-hydrogen) atoms. The molecule has 4 rings (SSSR count). The van der Waals surface area contributed by atoms with Gasteiger partial charge in [-0.25, -0.2) is 4.79 Å². The summed E-state index contributed by atoms with van der Waals surface area (Å²) in [6.07, 6.45) is 5.30. The van der Waals surface area contributed by atoms with Crippen LogP contribution in [0.25, 0.3) is 6.08 Å². The second-order valence-corrected chi connectivity index (χ2v) is 9.47. The van der Waals surface area contributed by atoms with Crippen LogP contribution in [0.1, 0.15) is 28.1 Å². The molecule has 1 aliphatic carbocycles. The number of carbonyl (C=O) groups excluding carboxylic acids is 3. The number of halogens is 2. The van der Waals surface area contributed by atoms with Gasteiger partial charge >= 0.3 is 5.97 Å². The molecular weight excluding hydrogens is 511 g/mol. The highest BCUT2D eigenvalue weighted by Crippen LogP contribution is 2.45. The number of carboxylic acids is 1. The Labute approximate surface area is 216 Å². The third-order valence-electron chi connectivity index (χ3n) is 6.11. The number of benzene rings is 1. The van der Waals surface area contributed by atoms with E-state index in [2.05, 4.69) is 21.3 Å². The largest absolute Gasteiger partial charge is 0.480 e. The maximum Gasteiger partial charge on any atom is 0.328 e. The molecule has 12 heteroatoms. The van der Waals surface area contributed by atoms with E-state index >= 15 is 0 Å². The van der Waals surface area contributed by atoms with Crippen molar-refractivity contribution in [2.75, 3.05) is 13.1 Å². The molecule has 4 unspecified atom stereocenters. The van der Waals surface area contributed by atoms with Gasteiger partial charge in [-0.1, -0.05) is 23.2 Å². The molecule has 1 aliphatic heterocycles. The lowest BCUT2D eigenvalue weighted by Gasteiger charge is -2.19. The van der Waals surface area contributed by atoms with Gasteiger partial charge in [0, 0.05) is 19.2 Å². The minimum absolute atomic E-state index is 0.0153.